The van der Waals surface area contributed by atoms with Crippen LogP contribution in [0.5, 0.6) is 0 Å². The van der Waals surface area contributed by atoms with Crippen LogP contribution in [0, 0.1) is 0 Å². The lowest BCUT2D eigenvalue weighted by molar-refractivity contribution is -0.253. The van der Waals surface area contributed by atoms with Crippen LogP contribution in [0.4, 0.5) is 0 Å². The summed E-state index contributed by atoms with van der Waals surface area (Å²) < 4.78 is 4.81. The van der Waals surface area contributed by atoms with Crippen LogP contribution in [0.1, 0.15) is 6.92 Å². The summed E-state index contributed by atoms with van der Waals surface area (Å²) in [7, 11) is 0. The molecule has 16 heavy (non-hydrogen) atoms. The van der Waals surface area contributed by atoms with Gasteiger partial charge in [-0.15, -0.1) is 12.4 Å². The minimum Gasteiger partial charge on any atom is -0.394 e. The highest BCUT2D eigenvalue weighted by Gasteiger charge is 2.43. The van der Waals surface area contributed by atoms with Crippen LogP contribution in [0.15, 0.2) is 0 Å². The quantitative estimate of drug-likeness (QED) is 0.369. The van der Waals surface area contributed by atoms with E-state index in [9.17, 15) is 20.1 Å². The molecule has 0 aromatic rings. The summed E-state index contributed by atoms with van der Waals surface area (Å²) in [6.45, 7) is 0.687. The van der Waals surface area contributed by atoms with Crippen molar-refractivity contribution in [2.24, 2.45) is 0 Å². The number of amides is 1. The van der Waals surface area contributed by atoms with Gasteiger partial charge in [0.2, 0.25) is 5.91 Å². The highest BCUT2D eigenvalue weighted by Crippen LogP contribution is 2.19. The second kappa shape index (κ2) is 6.33. The largest absolute Gasteiger partial charge is 0.394 e. The van der Waals surface area contributed by atoms with Crippen molar-refractivity contribution < 1.29 is 30.0 Å². The van der Waals surface area contributed by atoms with Crippen LogP contribution in [0.25, 0.3) is 0 Å². The molecule has 0 aliphatic carbocycles. The first-order valence-corrected chi connectivity index (χ1v) is 4.55. The Morgan fingerprint density at radius 1 is 1.31 bits per heavy atom. The maximum absolute atomic E-state index is 10.7. The van der Waals surface area contributed by atoms with E-state index in [-0.39, 0.29) is 12.4 Å². The number of aliphatic hydroxyl groups is 4. The van der Waals surface area contributed by atoms with Crippen LogP contribution in [0.3, 0.4) is 0 Å². The van der Waals surface area contributed by atoms with Crippen molar-refractivity contribution in [2.75, 3.05) is 6.61 Å². The summed E-state index contributed by atoms with van der Waals surface area (Å²) in [5.74, 6) is -0.462. The summed E-state index contributed by atoms with van der Waals surface area (Å²) in [4.78, 5) is 10.7. The fourth-order valence-corrected chi connectivity index (χ4v) is 1.49. The maximum Gasteiger partial charge on any atom is 0.217 e. The number of aliphatic hydroxyl groups excluding tert-OH is 4. The lowest BCUT2D eigenvalue weighted by Crippen LogP contribution is -2.63. The normalized spacial score (nSPS) is 38.7. The fourth-order valence-electron chi connectivity index (χ4n) is 1.49. The van der Waals surface area contributed by atoms with Crippen LogP contribution in [-0.4, -0.2) is 63.6 Å². The number of carbonyl (C=O) groups excluding carboxylic acids is 1. The van der Waals surface area contributed by atoms with Gasteiger partial charge in [-0.1, -0.05) is 0 Å². The molecule has 0 aromatic carbocycles. The molecular weight excluding hydrogens is 242 g/mol. The Labute approximate surface area is 98.4 Å². The molecule has 1 aliphatic heterocycles. The van der Waals surface area contributed by atoms with E-state index in [2.05, 4.69) is 5.32 Å². The van der Waals surface area contributed by atoms with Gasteiger partial charge in [0, 0.05) is 6.92 Å². The second-order valence-electron chi connectivity index (χ2n) is 3.46. The average molecular weight is 258 g/mol. The van der Waals surface area contributed by atoms with Gasteiger partial charge in [-0.2, -0.15) is 0 Å². The molecule has 96 valence electrons. The number of hydrogen-bond acceptors (Lipinski definition) is 6. The van der Waals surface area contributed by atoms with Gasteiger partial charge in [0.15, 0.2) is 6.29 Å². The lowest BCUT2D eigenvalue weighted by Gasteiger charge is -2.40. The minimum absolute atomic E-state index is 0. The van der Waals surface area contributed by atoms with E-state index in [0.29, 0.717) is 0 Å². The van der Waals surface area contributed by atoms with Crippen molar-refractivity contribution in [3.05, 3.63) is 0 Å². The van der Waals surface area contributed by atoms with Crippen molar-refractivity contribution in [1.29, 1.82) is 0 Å². The zero-order valence-corrected chi connectivity index (χ0v) is 9.42. The predicted molar refractivity (Wildman–Crippen MR) is 54.8 cm³/mol. The standard InChI is InChI=1S/C8H15NO6.ClH/c1-3(11)9-5-7(13)6(12)4(2-10)15-8(5)14;/h4-8,10,12-14H,2H2,1H3,(H,9,11);1H/t4-,5-,6-,7-,8-;/m1./s1. The van der Waals surface area contributed by atoms with E-state index in [0.717, 1.165) is 0 Å². The molecule has 0 spiro atoms. The van der Waals surface area contributed by atoms with Gasteiger partial charge in [0.05, 0.1) is 6.61 Å². The van der Waals surface area contributed by atoms with E-state index in [1.54, 1.807) is 0 Å². The number of nitrogens with one attached hydrogen (secondary N) is 1. The van der Waals surface area contributed by atoms with Crippen LogP contribution in [0.2, 0.25) is 0 Å². The number of carbonyl (C=O) groups is 1. The second-order valence-corrected chi connectivity index (χ2v) is 3.46. The first-order valence-electron chi connectivity index (χ1n) is 4.55. The third-order valence-corrected chi connectivity index (χ3v) is 2.27. The van der Waals surface area contributed by atoms with Gasteiger partial charge >= 0.3 is 0 Å². The SMILES string of the molecule is CC(=O)N[C@@H]1[C@@H](O)[C@H](O)[C@@H](CO)O[C@H]1O.Cl. The molecular formula is C8H16ClNO6. The smallest absolute Gasteiger partial charge is 0.217 e. The van der Waals surface area contributed by atoms with Gasteiger partial charge in [-0.3, -0.25) is 4.79 Å². The monoisotopic (exact) mass is 257 g/mol. The van der Waals surface area contributed by atoms with E-state index in [4.69, 9.17) is 9.84 Å². The highest BCUT2D eigenvalue weighted by molar-refractivity contribution is 5.85. The summed E-state index contributed by atoms with van der Waals surface area (Å²) in [6, 6.07) is -1.10. The molecule has 1 rings (SSSR count). The Morgan fingerprint density at radius 3 is 2.31 bits per heavy atom. The first kappa shape index (κ1) is 15.6. The minimum atomic E-state index is -1.45. The Hall–Kier alpha value is -0.440. The van der Waals surface area contributed by atoms with Crippen molar-refractivity contribution in [2.45, 2.75) is 37.6 Å². The van der Waals surface area contributed by atoms with E-state index >= 15 is 0 Å². The van der Waals surface area contributed by atoms with Gasteiger partial charge in [-0.25, -0.2) is 0 Å². The Balaban J connectivity index is 0.00000225. The van der Waals surface area contributed by atoms with Crippen LogP contribution < -0.4 is 5.32 Å². The molecule has 1 fully saturated rings. The summed E-state index contributed by atoms with van der Waals surface area (Å²) in [5.41, 5.74) is 0. The van der Waals surface area contributed by atoms with E-state index in [1.807, 2.05) is 0 Å². The van der Waals surface area contributed by atoms with Crippen molar-refractivity contribution in [3.8, 4) is 0 Å². The lowest BCUT2D eigenvalue weighted by atomic mass is 9.97. The topological polar surface area (TPSA) is 119 Å². The molecule has 0 bridgehead atoms. The van der Waals surface area contributed by atoms with Gasteiger partial charge in [0.1, 0.15) is 24.4 Å². The molecule has 0 unspecified atom stereocenters. The molecule has 5 N–H and O–H groups in total. The molecule has 1 saturated heterocycles. The molecule has 0 saturated carbocycles. The number of ether oxygens (including phenoxy) is 1. The molecule has 1 heterocycles. The van der Waals surface area contributed by atoms with Crippen molar-refractivity contribution in [1.82, 2.24) is 5.32 Å². The maximum atomic E-state index is 10.7. The van der Waals surface area contributed by atoms with Gasteiger partial charge in [-0.05, 0) is 0 Å². The van der Waals surface area contributed by atoms with Crippen LogP contribution in [-0.2, 0) is 9.53 Å². The summed E-state index contributed by atoms with van der Waals surface area (Å²) in [5, 5.41) is 39.4. The van der Waals surface area contributed by atoms with Gasteiger partial charge in [0.25, 0.3) is 0 Å². The molecule has 5 atom stereocenters. The summed E-state index contributed by atoms with van der Waals surface area (Å²) >= 11 is 0. The molecule has 0 aromatic heterocycles. The van der Waals surface area contributed by atoms with Gasteiger partial charge < -0.3 is 30.5 Å². The molecule has 7 nitrogen and oxygen atoms in total. The predicted octanol–water partition coefficient (Wildman–Crippen LogP) is -2.66. The Kier molecular flexibility index (Phi) is 6.16. The third kappa shape index (κ3) is 3.27. The Morgan fingerprint density at radius 2 is 1.88 bits per heavy atom. The Bertz CT molecular complexity index is 241. The zero-order chi connectivity index (χ0) is 11.6. The molecule has 0 radical (unpaired) electrons. The zero-order valence-electron chi connectivity index (χ0n) is 8.61. The van der Waals surface area contributed by atoms with E-state index in [1.165, 1.54) is 6.92 Å². The third-order valence-electron chi connectivity index (χ3n) is 2.27. The summed E-state index contributed by atoms with van der Waals surface area (Å²) in [6.07, 6.45) is -5.24. The highest BCUT2D eigenvalue weighted by atomic mass is 35.5. The number of hydrogen-bond donors (Lipinski definition) is 5. The first-order chi connectivity index (χ1) is 6.97. The molecule has 1 aliphatic rings. The molecule has 1 amide bonds. The van der Waals surface area contributed by atoms with Crippen molar-refractivity contribution >= 4 is 18.3 Å². The number of rotatable bonds is 2. The average Bonchev–Trinajstić information content (AvgIpc) is 2.18. The fraction of sp³-hybridized carbons (Fsp3) is 0.875. The van der Waals surface area contributed by atoms with E-state index < -0.39 is 43.2 Å². The molecule has 8 heteroatoms. The van der Waals surface area contributed by atoms with Crippen LogP contribution >= 0.6 is 12.4 Å². The van der Waals surface area contributed by atoms with Crippen molar-refractivity contribution in [3.63, 3.8) is 0 Å². The number of halogens is 1.